The summed E-state index contributed by atoms with van der Waals surface area (Å²) in [7, 11) is 0. The highest BCUT2D eigenvalue weighted by Crippen LogP contribution is 2.29. The number of piperazine rings is 1. The molecule has 27 heavy (non-hydrogen) atoms. The topological polar surface area (TPSA) is 104 Å². The van der Waals surface area contributed by atoms with Crippen molar-refractivity contribution in [2.24, 2.45) is 17.1 Å². The van der Waals surface area contributed by atoms with E-state index in [1.807, 2.05) is 4.90 Å². The second-order valence-electron chi connectivity index (χ2n) is 7.85. The normalized spacial score (nSPS) is 18.0. The highest BCUT2D eigenvalue weighted by molar-refractivity contribution is 6.30. The summed E-state index contributed by atoms with van der Waals surface area (Å²) >= 11 is 5.91. The van der Waals surface area contributed by atoms with Crippen molar-refractivity contribution in [2.45, 2.75) is 26.8 Å². The van der Waals surface area contributed by atoms with Crippen LogP contribution in [0.2, 0.25) is 5.02 Å². The molecule has 1 saturated heterocycles. The molecule has 3 N–H and O–H groups in total. The Labute approximate surface area is 164 Å². The molecule has 2 unspecified atom stereocenters. The molecule has 1 aliphatic heterocycles. The second-order valence-corrected chi connectivity index (χ2v) is 8.29. The molecule has 2 amide bonds. The molecule has 148 valence electrons. The van der Waals surface area contributed by atoms with Crippen LogP contribution in [0.4, 0.5) is 0 Å². The third-order valence-corrected chi connectivity index (χ3v) is 5.06. The average molecular weight is 396 g/mol. The summed E-state index contributed by atoms with van der Waals surface area (Å²) in [6, 6.07) is 6.31. The first-order valence-corrected chi connectivity index (χ1v) is 9.20. The quantitative estimate of drug-likeness (QED) is 0.739. The number of hydrogen-bond acceptors (Lipinski definition) is 4. The molecule has 2 atom stereocenters. The molecule has 0 radical (unpaired) electrons. The zero-order valence-corrected chi connectivity index (χ0v) is 16.6. The van der Waals surface area contributed by atoms with Gasteiger partial charge in [0.1, 0.15) is 12.0 Å². The molecular weight excluding hydrogens is 370 g/mol. The van der Waals surface area contributed by atoms with E-state index in [9.17, 15) is 19.5 Å². The van der Waals surface area contributed by atoms with Crippen molar-refractivity contribution >= 4 is 29.4 Å². The fourth-order valence-corrected chi connectivity index (χ4v) is 3.56. The number of hydrogen-bond donors (Lipinski definition) is 2. The summed E-state index contributed by atoms with van der Waals surface area (Å²) in [5, 5.41) is 10.0. The zero-order valence-electron chi connectivity index (χ0n) is 15.8. The molecule has 7 nitrogen and oxygen atoms in total. The SMILES string of the molecule is CC(C)(C)C(C(=O)O)C(=O)N1CCN(C(C(N)=O)c2ccc(Cl)cc2)CC1. The van der Waals surface area contributed by atoms with Gasteiger partial charge in [-0.25, -0.2) is 0 Å². The minimum atomic E-state index is -1.12. The van der Waals surface area contributed by atoms with Crippen LogP contribution >= 0.6 is 11.6 Å². The van der Waals surface area contributed by atoms with Crippen molar-refractivity contribution < 1.29 is 19.5 Å². The number of carboxylic acid groups (broad SMARTS) is 1. The number of rotatable bonds is 5. The molecule has 0 aliphatic carbocycles. The highest BCUT2D eigenvalue weighted by Gasteiger charge is 2.41. The number of aliphatic carboxylic acids is 1. The Morgan fingerprint density at radius 1 is 1.07 bits per heavy atom. The third-order valence-electron chi connectivity index (χ3n) is 4.81. The van der Waals surface area contributed by atoms with E-state index in [1.54, 1.807) is 49.9 Å². The fourth-order valence-electron chi connectivity index (χ4n) is 3.43. The van der Waals surface area contributed by atoms with Crippen LogP contribution in [-0.2, 0) is 14.4 Å². The highest BCUT2D eigenvalue weighted by atomic mass is 35.5. The molecule has 1 aromatic rings. The van der Waals surface area contributed by atoms with Gasteiger partial charge in [0.05, 0.1) is 0 Å². The summed E-state index contributed by atoms with van der Waals surface area (Å²) in [6.07, 6.45) is 0. The van der Waals surface area contributed by atoms with Crippen molar-refractivity contribution in [1.82, 2.24) is 9.80 Å². The number of benzene rings is 1. The smallest absolute Gasteiger partial charge is 0.316 e. The predicted molar refractivity (Wildman–Crippen MR) is 102 cm³/mol. The molecule has 1 heterocycles. The van der Waals surface area contributed by atoms with Crippen molar-refractivity contribution in [3.05, 3.63) is 34.9 Å². The molecule has 8 heteroatoms. The van der Waals surface area contributed by atoms with Gasteiger partial charge in [-0.15, -0.1) is 0 Å². The largest absolute Gasteiger partial charge is 0.481 e. The van der Waals surface area contributed by atoms with Crippen molar-refractivity contribution in [1.29, 1.82) is 0 Å². The molecule has 1 aliphatic rings. The number of carboxylic acids is 1. The predicted octanol–water partition coefficient (Wildman–Crippen LogP) is 1.76. The molecular formula is C19H26ClN3O4. The lowest BCUT2D eigenvalue weighted by atomic mass is 9.79. The lowest BCUT2D eigenvalue weighted by Gasteiger charge is -2.40. The molecule has 0 spiro atoms. The monoisotopic (exact) mass is 395 g/mol. The third kappa shape index (κ3) is 4.99. The number of nitrogens with zero attached hydrogens (tertiary/aromatic N) is 2. The van der Waals surface area contributed by atoms with Gasteiger partial charge in [0.25, 0.3) is 0 Å². The Kier molecular flexibility index (Phi) is 6.49. The van der Waals surface area contributed by atoms with Crippen LogP contribution in [0.1, 0.15) is 32.4 Å². The lowest BCUT2D eigenvalue weighted by molar-refractivity contribution is -0.157. The van der Waals surface area contributed by atoms with Gasteiger partial charge in [-0.3, -0.25) is 19.3 Å². The molecule has 1 aromatic carbocycles. The Morgan fingerprint density at radius 2 is 1.59 bits per heavy atom. The van der Waals surface area contributed by atoms with E-state index in [-0.39, 0.29) is 0 Å². The first-order chi connectivity index (χ1) is 12.5. The molecule has 0 saturated carbocycles. The van der Waals surface area contributed by atoms with Gasteiger partial charge in [0.2, 0.25) is 11.8 Å². The molecule has 0 aromatic heterocycles. The Morgan fingerprint density at radius 3 is 2.00 bits per heavy atom. The number of halogens is 1. The number of carbonyl (C=O) groups is 3. The summed E-state index contributed by atoms with van der Waals surface area (Å²) in [5.41, 5.74) is 5.66. The number of primary amides is 1. The molecule has 2 rings (SSSR count). The minimum Gasteiger partial charge on any atom is -0.481 e. The summed E-state index contributed by atoms with van der Waals surface area (Å²) in [5.74, 6) is -3.09. The number of nitrogens with two attached hydrogens (primary N) is 1. The van der Waals surface area contributed by atoms with Gasteiger partial charge in [0.15, 0.2) is 0 Å². The standard InChI is InChI=1S/C19H26ClN3O4/c1-19(2,3)14(18(26)27)17(25)23-10-8-22(9-11-23)15(16(21)24)12-4-6-13(20)7-5-12/h4-7,14-15H,8-11H2,1-3H3,(H2,21,24)(H,26,27). The van der Waals surface area contributed by atoms with Gasteiger partial charge in [-0.05, 0) is 23.1 Å². The fraction of sp³-hybridized carbons (Fsp3) is 0.526. The molecule has 0 bridgehead atoms. The van der Waals surface area contributed by atoms with Gasteiger partial charge in [0, 0.05) is 31.2 Å². The first kappa shape index (κ1) is 21.2. The average Bonchev–Trinajstić information content (AvgIpc) is 2.55. The number of amides is 2. The maximum atomic E-state index is 12.7. The van der Waals surface area contributed by atoms with E-state index >= 15 is 0 Å². The van der Waals surface area contributed by atoms with Crippen LogP contribution < -0.4 is 5.73 Å². The van der Waals surface area contributed by atoms with Crippen LogP contribution in [0.25, 0.3) is 0 Å². The maximum absolute atomic E-state index is 12.7. The molecule has 1 fully saturated rings. The van der Waals surface area contributed by atoms with Crippen LogP contribution in [-0.4, -0.2) is 58.9 Å². The van der Waals surface area contributed by atoms with E-state index in [1.165, 1.54) is 0 Å². The van der Waals surface area contributed by atoms with Crippen LogP contribution in [0.5, 0.6) is 0 Å². The van der Waals surface area contributed by atoms with Crippen molar-refractivity contribution in [2.75, 3.05) is 26.2 Å². The van der Waals surface area contributed by atoms with Gasteiger partial charge in [-0.2, -0.15) is 0 Å². The Hall–Kier alpha value is -2.12. The summed E-state index contributed by atoms with van der Waals surface area (Å²) in [4.78, 5) is 39.8. The van der Waals surface area contributed by atoms with E-state index in [2.05, 4.69) is 0 Å². The van der Waals surface area contributed by atoms with E-state index in [4.69, 9.17) is 17.3 Å². The van der Waals surface area contributed by atoms with Crippen LogP contribution in [0.15, 0.2) is 24.3 Å². The van der Waals surface area contributed by atoms with Gasteiger partial charge in [-0.1, -0.05) is 44.5 Å². The van der Waals surface area contributed by atoms with E-state index in [0.717, 1.165) is 5.56 Å². The Balaban J connectivity index is 2.10. The van der Waals surface area contributed by atoms with Crippen molar-refractivity contribution in [3.63, 3.8) is 0 Å². The van der Waals surface area contributed by atoms with Crippen LogP contribution in [0.3, 0.4) is 0 Å². The number of carbonyl (C=O) groups excluding carboxylic acids is 2. The van der Waals surface area contributed by atoms with Gasteiger partial charge >= 0.3 is 5.97 Å². The summed E-state index contributed by atoms with van der Waals surface area (Å²) in [6.45, 7) is 6.76. The minimum absolute atomic E-state index is 0.343. The van der Waals surface area contributed by atoms with Gasteiger partial charge < -0.3 is 15.7 Å². The maximum Gasteiger partial charge on any atom is 0.316 e. The van der Waals surface area contributed by atoms with Crippen molar-refractivity contribution in [3.8, 4) is 0 Å². The summed E-state index contributed by atoms with van der Waals surface area (Å²) < 4.78 is 0. The van der Waals surface area contributed by atoms with E-state index in [0.29, 0.717) is 31.2 Å². The zero-order chi connectivity index (χ0) is 20.4. The first-order valence-electron chi connectivity index (χ1n) is 8.83. The second kappa shape index (κ2) is 8.27. The van der Waals surface area contributed by atoms with Crippen LogP contribution in [0, 0.1) is 11.3 Å². The lowest BCUT2D eigenvalue weighted by Crippen LogP contribution is -2.55. The van der Waals surface area contributed by atoms with E-state index < -0.39 is 35.2 Å². The Bertz CT molecular complexity index is 707.